The van der Waals surface area contributed by atoms with Crippen LogP contribution in [-0.4, -0.2) is 43.5 Å². The third kappa shape index (κ3) is 2.21. The number of hydrogen-bond acceptors (Lipinski definition) is 5. The van der Waals surface area contributed by atoms with Gasteiger partial charge in [0.25, 0.3) is 0 Å². The topological polar surface area (TPSA) is 68.2 Å². The normalized spacial score (nSPS) is 16.7. The molecule has 6 heteroatoms. The number of carbonyl (C=O) groups is 1. The second-order valence-electron chi connectivity index (χ2n) is 6.37. The molecule has 1 aliphatic heterocycles. The standard InChI is InChI=1S/C20H21NO5/c1-4-26-20(23)21-8-7-11-9-15(25-3)19(22)17-13-6-5-12(24-2)10-14(13)18(21)16(11)17/h5-6,9-10,18,22H,4,7-8H2,1-3H3. The number of ether oxygens (including phenoxy) is 3. The number of hydrogen-bond donors (Lipinski definition) is 1. The Hall–Kier alpha value is -2.89. The number of phenols is 1. The molecular formula is C20H21NO5. The van der Waals surface area contributed by atoms with E-state index in [-0.39, 0.29) is 17.9 Å². The molecule has 6 nitrogen and oxygen atoms in total. The first-order valence-corrected chi connectivity index (χ1v) is 8.65. The Labute approximate surface area is 151 Å². The van der Waals surface area contributed by atoms with Crippen molar-refractivity contribution in [3.63, 3.8) is 0 Å². The smallest absolute Gasteiger partial charge is 0.410 e. The lowest BCUT2D eigenvalue weighted by molar-refractivity contribution is 0.0944. The molecule has 136 valence electrons. The van der Waals surface area contributed by atoms with Gasteiger partial charge < -0.3 is 19.3 Å². The van der Waals surface area contributed by atoms with E-state index in [2.05, 4.69) is 0 Å². The van der Waals surface area contributed by atoms with Crippen LogP contribution in [0.5, 0.6) is 17.2 Å². The minimum absolute atomic E-state index is 0.103. The highest BCUT2D eigenvalue weighted by atomic mass is 16.6. The van der Waals surface area contributed by atoms with Gasteiger partial charge in [-0.15, -0.1) is 0 Å². The number of carbonyl (C=O) groups excluding carboxylic acids is 1. The lowest BCUT2D eigenvalue weighted by atomic mass is 9.91. The first-order chi connectivity index (χ1) is 12.6. The first-order valence-electron chi connectivity index (χ1n) is 8.65. The molecule has 26 heavy (non-hydrogen) atoms. The largest absolute Gasteiger partial charge is 0.504 e. The molecule has 1 amide bonds. The summed E-state index contributed by atoms with van der Waals surface area (Å²) in [5.41, 5.74) is 4.58. The van der Waals surface area contributed by atoms with Crippen molar-refractivity contribution in [2.75, 3.05) is 27.4 Å². The summed E-state index contributed by atoms with van der Waals surface area (Å²) in [5, 5.41) is 10.8. The lowest BCUT2D eigenvalue weighted by Gasteiger charge is -2.35. The average Bonchev–Trinajstić information content (AvgIpc) is 3.00. The van der Waals surface area contributed by atoms with Crippen LogP contribution in [0.25, 0.3) is 11.1 Å². The van der Waals surface area contributed by atoms with Crippen LogP contribution in [0.3, 0.4) is 0 Å². The van der Waals surface area contributed by atoms with Crippen LogP contribution < -0.4 is 9.47 Å². The fraction of sp³-hybridized carbons (Fsp3) is 0.350. The maximum absolute atomic E-state index is 12.6. The number of phenolic OH excluding ortho intramolecular Hbond substituents is 1. The molecule has 0 aromatic heterocycles. The van der Waals surface area contributed by atoms with Gasteiger partial charge in [0.05, 0.1) is 26.9 Å². The van der Waals surface area contributed by atoms with E-state index in [1.807, 2.05) is 24.3 Å². The summed E-state index contributed by atoms with van der Waals surface area (Å²) in [5.74, 6) is 1.26. The van der Waals surface area contributed by atoms with E-state index in [9.17, 15) is 9.90 Å². The number of benzene rings is 2. The van der Waals surface area contributed by atoms with Gasteiger partial charge in [-0.3, -0.25) is 4.90 Å². The van der Waals surface area contributed by atoms with Gasteiger partial charge in [0.1, 0.15) is 5.75 Å². The van der Waals surface area contributed by atoms with E-state index in [0.29, 0.717) is 31.1 Å². The number of methoxy groups -OCH3 is 2. The maximum Gasteiger partial charge on any atom is 0.410 e. The van der Waals surface area contributed by atoms with Crippen molar-refractivity contribution in [2.24, 2.45) is 0 Å². The van der Waals surface area contributed by atoms with Crippen molar-refractivity contribution in [1.29, 1.82) is 0 Å². The van der Waals surface area contributed by atoms with Gasteiger partial charge in [0.2, 0.25) is 0 Å². The SMILES string of the molecule is CCOC(=O)N1CCc2cc(OC)c(O)c3c2C1c1cc(OC)ccc1-3. The molecule has 1 atom stereocenters. The molecule has 1 heterocycles. The van der Waals surface area contributed by atoms with Crippen molar-refractivity contribution in [3.8, 4) is 28.4 Å². The third-order valence-corrected chi connectivity index (χ3v) is 5.14. The Kier molecular flexibility index (Phi) is 3.90. The van der Waals surface area contributed by atoms with Crippen LogP contribution in [0.2, 0.25) is 0 Å². The highest BCUT2D eigenvalue weighted by Gasteiger charge is 2.43. The van der Waals surface area contributed by atoms with Gasteiger partial charge in [0, 0.05) is 12.1 Å². The van der Waals surface area contributed by atoms with Crippen LogP contribution >= 0.6 is 0 Å². The highest BCUT2D eigenvalue weighted by molar-refractivity contribution is 5.88. The molecule has 4 rings (SSSR count). The Morgan fingerprint density at radius 1 is 1.27 bits per heavy atom. The van der Waals surface area contributed by atoms with E-state index < -0.39 is 0 Å². The zero-order chi connectivity index (χ0) is 18.4. The van der Waals surface area contributed by atoms with Crippen LogP contribution in [0.4, 0.5) is 4.79 Å². The summed E-state index contributed by atoms with van der Waals surface area (Å²) in [6.45, 7) is 2.66. The third-order valence-electron chi connectivity index (χ3n) is 5.14. The van der Waals surface area contributed by atoms with E-state index >= 15 is 0 Å². The Morgan fingerprint density at radius 2 is 2.08 bits per heavy atom. The molecule has 0 saturated heterocycles. The van der Waals surface area contributed by atoms with Crippen molar-refractivity contribution in [2.45, 2.75) is 19.4 Å². The summed E-state index contributed by atoms with van der Waals surface area (Å²) >= 11 is 0. The Bertz CT molecular complexity index is 892. The molecule has 2 aliphatic rings. The second-order valence-corrected chi connectivity index (χ2v) is 6.37. The number of aromatic hydroxyl groups is 1. The summed E-state index contributed by atoms with van der Waals surface area (Å²) in [7, 11) is 3.16. The van der Waals surface area contributed by atoms with E-state index in [4.69, 9.17) is 14.2 Å². The molecule has 0 bridgehead atoms. The Balaban J connectivity index is 1.97. The number of amides is 1. The van der Waals surface area contributed by atoms with Gasteiger partial charge in [-0.2, -0.15) is 0 Å². The van der Waals surface area contributed by atoms with Crippen LogP contribution in [0, 0.1) is 0 Å². The molecular weight excluding hydrogens is 334 g/mol. The summed E-state index contributed by atoms with van der Waals surface area (Å²) in [4.78, 5) is 14.3. The number of nitrogens with zero attached hydrogens (tertiary/aromatic N) is 1. The second kappa shape index (κ2) is 6.12. The number of rotatable bonds is 3. The van der Waals surface area contributed by atoms with Gasteiger partial charge in [-0.05, 0) is 53.8 Å². The molecule has 1 unspecified atom stereocenters. The van der Waals surface area contributed by atoms with E-state index in [1.165, 1.54) is 0 Å². The molecule has 2 aromatic carbocycles. The van der Waals surface area contributed by atoms with Gasteiger partial charge in [0.15, 0.2) is 11.5 Å². The molecule has 2 aromatic rings. The van der Waals surface area contributed by atoms with Gasteiger partial charge in [-0.1, -0.05) is 6.07 Å². The van der Waals surface area contributed by atoms with Gasteiger partial charge in [-0.25, -0.2) is 4.79 Å². The lowest BCUT2D eigenvalue weighted by Crippen LogP contribution is -2.40. The minimum Gasteiger partial charge on any atom is -0.504 e. The summed E-state index contributed by atoms with van der Waals surface area (Å²) in [6, 6.07) is 7.27. The van der Waals surface area contributed by atoms with Crippen LogP contribution in [0.1, 0.15) is 29.7 Å². The molecule has 1 N–H and O–H groups in total. The molecule has 0 spiro atoms. The van der Waals surface area contributed by atoms with Crippen molar-refractivity contribution >= 4 is 6.09 Å². The summed E-state index contributed by atoms with van der Waals surface area (Å²) < 4.78 is 16.0. The molecule has 0 saturated carbocycles. The van der Waals surface area contributed by atoms with Crippen molar-refractivity contribution in [1.82, 2.24) is 4.90 Å². The quantitative estimate of drug-likeness (QED) is 0.913. The fourth-order valence-corrected chi connectivity index (χ4v) is 4.04. The highest BCUT2D eigenvalue weighted by Crippen LogP contribution is 2.56. The monoisotopic (exact) mass is 355 g/mol. The predicted molar refractivity (Wildman–Crippen MR) is 95.9 cm³/mol. The van der Waals surface area contributed by atoms with Crippen LogP contribution in [-0.2, 0) is 11.2 Å². The van der Waals surface area contributed by atoms with Crippen molar-refractivity contribution < 1.29 is 24.1 Å². The molecule has 0 radical (unpaired) electrons. The van der Waals surface area contributed by atoms with Gasteiger partial charge >= 0.3 is 6.09 Å². The molecule has 1 aliphatic carbocycles. The number of fused-ring (bicyclic) bond motifs is 3. The minimum atomic E-state index is -0.347. The van der Waals surface area contributed by atoms with E-state index in [0.717, 1.165) is 27.8 Å². The summed E-state index contributed by atoms with van der Waals surface area (Å²) in [6.07, 6.45) is 0.333. The Morgan fingerprint density at radius 3 is 2.77 bits per heavy atom. The first kappa shape index (κ1) is 16.6. The zero-order valence-electron chi connectivity index (χ0n) is 15.0. The van der Waals surface area contributed by atoms with E-state index in [1.54, 1.807) is 26.0 Å². The maximum atomic E-state index is 12.6. The predicted octanol–water partition coefficient (Wildman–Crippen LogP) is 3.49. The fourth-order valence-electron chi connectivity index (χ4n) is 4.04. The molecule has 0 fully saturated rings. The van der Waals surface area contributed by atoms with Crippen molar-refractivity contribution in [3.05, 3.63) is 41.0 Å². The average molecular weight is 355 g/mol. The zero-order valence-corrected chi connectivity index (χ0v) is 15.0. The van der Waals surface area contributed by atoms with Crippen LogP contribution in [0.15, 0.2) is 24.3 Å².